The summed E-state index contributed by atoms with van der Waals surface area (Å²) in [7, 11) is 0. The summed E-state index contributed by atoms with van der Waals surface area (Å²) < 4.78 is 32.6. The zero-order valence-electron chi connectivity index (χ0n) is 20.6. The second kappa shape index (κ2) is 16.2. The summed E-state index contributed by atoms with van der Waals surface area (Å²) in [6, 6.07) is 0. The molecule has 0 aromatic rings. The Bertz CT molecular complexity index is 658. The van der Waals surface area contributed by atoms with Gasteiger partial charge in [0.1, 0.15) is 24.4 Å². The van der Waals surface area contributed by atoms with Gasteiger partial charge in [-0.3, -0.25) is 0 Å². The molecule has 3 unspecified atom stereocenters. The largest absolute Gasteiger partial charge is 0.457 e. The molecule has 33 heavy (non-hydrogen) atoms. The van der Waals surface area contributed by atoms with Crippen LogP contribution in [0.5, 0.6) is 0 Å². The van der Waals surface area contributed by atoms with E-state index in [1.807, 2.05) is 0 Å². The molecule has 3 atom stereocenters. The van der Waals surface area contributed by atoms with Crippen molar-refractivity contribution in [2.45, 2.75) is 66.0 Å². The molecule has 0 aliphatic rings. The topological polar surface area (TPSA) is 107 Å². The van der Waals surface area contributed by atoms with Crippen molar-refractivity contribution < 1.29 is 42.8 Å². The molecule has 9 heteroatoms. The number of ether oxygens (including phenoxy) is 6. The number of carbonyl (C=O) groups excluding carboxylic acids is 3. The van der Waals surface area contributed by atoms with Gasteiger partial charge >= 0.3 is 17.9 Å². The van der Waals surface area contributed by atoms with Gasteiger partial charge in [0.05, 0.1) is 33.0 Å². The first-order chi connectivity index (χ1) is 15.3. The van der Waals surface area contributed by atoms with E-state index in [2.05, 4.69) is 19.7 Å². The zero-order chi connectivity index (χ0) is 25.6. The fourth-order valence-electron chi connectivity index (χ4n) is 2.10. The van der Waals surface area contributed by atoms with Gasteiger partial charge in [-0.15, -0.1) is 0 Å². The molecule has 0 aromatic carbocycles. The number of esters is 3. The molecule has 0 saturated heterocycles. The molecular formula is C24H38O9. The average molecular weight is 471 g/mol. The van der Waals surface area contributed by atoms with Gasteiger partial charge in [0.25, 0.3) is 0 Å². The van der Waals surface area contributed by atoms with E-state index in [1.54, 1.807) is 41.5 Å². The van der Waals surface area contributed by atoms with Crippen molar-refractivity contribution in [1.29, 1.82) is 0 Å². The van der Waals surface area contributed by atoms with Crippen LogP contribution in [0.3, 0.4) is 0 Å². The molecule has 0 radical (unpaired) electrons. The van der Waals surface area contributed by atoms with Crippen molar-refractivity contribution in [3.8, 4) is 0 Å². The molecule has 0 fully saturated rings. The molecule has 0 aliphatic heterocycles. The first kappa shape index (κ1) is 30.5. The molecule has 0 aromatic heterocycles. The van der Waals surface area contributed by atoms with Gasteiger partial charge in [-0.05, 0) is 41.5 Å². The van der Waals surface area contributed by atoms with Gasteiger partial charge in [-0.2, -0.15) is 0 Å². The van der Waals surface area contributed by atoms with Crippen molar-refractivity contribution in [3.63, 3.8) is 0 Å². The standard InChI is InChI=1S/C24H38O9/c1-15(2)22(25)31-18(7)10-28-13-21(30-12-20(9)33-24(27)17(5)6)14-29-11-19(8)32-23(26)16(3)4/h18-21H,1,3,5,10-14H2,2,4,6-9H3. The third-order valence-corrected chi connectivity index (χ3v) is 3.85. The van der Waals surface area contributed by atoms with Gasteiger partial charge in [-0.25, -0.2) is 14.4 Å². The first-order valence-electron chi connectivity index (χ1n) is 10.7. The fraction of sp³-hybridized carbons (Fsp3) is 0.625. The Morgan fingerprint density at radius 1 is 0.576 bits per heavy atom. The van der Waals surface area contributed by atoms with Gasteiger partial charge < -0.3 is 28.4 Å². The van der Waals surface area contributed by atoms with E-state index in [-0.39, 0.29) is 33.0 Å². The minimum atomic E-state index is -0.511. The molecule has 0 amide bonds. The van der Waals surface area contributed by atoms with Gasteiger partial charge in [0.2, 0.25) is 0 Å². The summed E-state index contributed by atoms with van der Waals surface area (Å²) in [5, 5.41) is 0. The van der Waals surface area contributed by atoms with Crippen LogP contribution >= 0.6 is 0 Å². The Hall–Kier alpha value is -2.49. The van der Waals surface area contributed by atoms with Crippen LogP contribution in [0.25, 0.3) is 0 Å². The van der Waals surface area contributed by atoms with Gasteiger partial charge in [-0.1, -0.05) is 19.7 Å². The van der Waals surface area contributed by atoms with Gasteiger partial charge in [0, 0.05) is 16.7 Å². The predicted molar refractivity (Wildman–Crippen MR) is 122 cm³/mol. The molecule has 188 valence electrons. The van der Waals surface area contributed by atoms with E-state index in [0.29, 0.717) is 16.7 Å². The third kappa shape index (κ3) is 15.1. The van der Waals surface area contributed by atoms with Crippen molar-refractivity contribution in [1.82, 2.24) is 0 Å². The van der Waals surface area contributed by atoms with Crippen LogP contribution in [0, 0.1) is 0 Å². The number of hydrogen-bond acceptors (Lipinski definition) is 9. The van der Waals surface area contributed by atoms with Crippen molar-refractivity contribution in [2.75, 3.05) is 33.0 Å². The van der Waals surface area contributed by atoms with Crippen molar-refractivity contribution in [3.05, 3.63) is 36.5 Å². The summed E-state index contributed by atoms with van der Waals surface area (Å²) in [5.74, 6) is -1.49. The summed E-state index contributed by atoms with van der Waals surface area (Å²) >= 11 is 0. The number of rotatable bonds is 17. The Kier molecular flexibility index (Phi) is 15.0. The number of hydrogen-bond donors (Lipinski definition) is 0. The SMILES string of the molecule is C=C(C)C(=O)OC(C)COCC(COCC(C)OC(=O)C(=C)C)OCC(C)OC(=O)C(=C)C. The molecule has 0 saturated carbocycles. The lowest BCUT2D eigenvalue weighted by molar-refractivity contribution is -0.154. The first-order valence-corrected chi connectivity index (χ1v) is 10.7. The lowest BCUT2D eigenvalue weighted by Crippen LogP contribution is -2.33. The van der Waals surface area contributed by atoms with E-state index in [1.165, 1.54) is 0 Å². The zero-order valence-corrected chi connectivity index (χ0v) is 20.6. The summed E-state index contributed by atoms with van der Waals surface area (Å²) in [5.41, 5.74) is 0.897. The maximum Gasteiger partial charge on any atom is 0.333 e. The van der Waals surface area contributed by atoms with Gasteiger partial charge in [0.15, 0.2) is 0 Å². The van der Waals surface area contributed by atoms with E-state index < -0.39 is 42.3 Å². The van der Waals surface area contributed by atoms with E-state index in [0.717, 1.165) is 0 Å². The molecule has 0 heterocycles. The average Bonchev–Trinajstić information content (AvgIpc) is 2.70. The highest BCUT2D eigenvalue weighted by atomic mass is 16.6. The van der Waals surface area contributed by atoms with Crippen LogP contribution in [-0.4, -0.2) is 75.4 Å². The highest BCUT2D eigenvalue weighted by molar-refractivity contribution is 5.87. The van der Waals surface area contributed by atoms with Crippen molar-refractivity contribution >= 4 is 17.9 Å². The summed E-state index contributed by atoms with van der Waals surface area (Å²) in [6.07, 6.45) is -1.98. The summed E-state index contributed by atoms with van der Waals surface area (Å²) in [6.45, 7) is 21.1. The second-order valence-corrected chi connectivity index (χ2v) is 8.02. The molecule has 0 bridgehead atoms. The third-order valence-electron chi connectivity index (χ3n) is 3.85. The number of carbonyl (C=O) groups is 3. The summed E-state index contributed by atoms with van der Waals surface area (Å²) in [4.78, 5) is 34.8. The Morgan fingerprint density at radius 2 is 0.879 bits per heavy atom. The van der Waals surface area contributed by atoms with E-state index in [9.17, 15) is 14.4 Å². The van der Waals surface area contributed by atoms with Crippen LogP contribution in [-0.2, 0) is 42.8 Å². The van der Waals surface area contributed by atoms with E-state index in [4.69, 9.17) is 28.4 Å². The molecule has 9 nitrogen and oxygen atoms in total. The highest BCUT2D eigenvalue weighted by Crippen LogP contribution is 2.06. The van der Waals surface area contributed by atoms with Crippen LogP contribution in [0.4, 0.5) is 0 Å². The normalized spacial score (nSPS) is 14.4. The van der Waals surface area contributed by atoms with Crippen LogP contribution in [0.1, 0.15) is 41.5 Å². The lowest BCUT2D eigenvalue weighted by atomic mass is 10.3. The smallest absolute Gasteiger partial charge is 0.333 e. The minimum Gasteiger partial charge on any atom is -0.457 e. The van der Waals surface area contributed by atoms with E-state index >= 15 is 0 Å². The fourth-order valence-corrected chi connectivity index (χ4v) is 2.10. The lowest BCUT2D eigenvalue weighted by Gasteiger charge is -2.22. The Morgan fingerprint density at radius 3 is 1.18 bits per heavy atom. The Balaban J connectivity index is 4.67. The molecule has 0 aliphatic carbocycles. The monoisotopic (exact) mass is 470 g/mol. The maximum atomic E-state index is 11.6. The van der Waals surface area contributed by atoms with Crippen LogP contribution < -0.4 is 0 Å². The Labute approximate surface area is 196 Å². The second-order valence-electron chi connectivity index (χ2n) is 8.02. The predicted octanol–water partition coefficient (Wildman–Crippen LogP) is 2.93. The molecule has 0 rings (SSSR count). The van der Waals surface area contributed by atoms with Crippen LogP contribution in [0.15, 0.2) is 36.5 Å². The minimum absolute atomic E-state index is 0.108. The quantitative estimate of drug-likeness (QED) is 0.180. The molecular weight excluding hydrogens is 432 g/mol. The van der Waals surface area contributed by atoms with Crippen LogP contribution in [0.2, 0.25) is 0 Å². The highest BCUT2D eigenvalue weighted by Gasteiger charge is 2.18. The molecule has 0 spiro atoms. The maximum absolute atomic E-state index is 11.6. The molecule has 0 N–H and O–H groups in total. The van der Waals surface area contributed by atoms with Crippen molar-refractivity contribution in [2.24, 2.45) is 0 Å².